The van der Waals surface area contributed by atoms with Crippen LogP contribution in [0.2, 0.25) is 10.0 Å². The molecule has 5 heteroatoms. The summed E-state index contributed by atoms with van der Waals surface area (Å²) in [5.74, 6) is -0.0401. The molecule has 1 rings (SSSR count). The number of carbonyl (C=O) groups excluding carboxylic acids is 1. The molecule has 2 N–H and O–H groups in total. The molecule has 0 aromatic heterocycles. The summed E-state index contributed by atoms with van der Waals surface area (Å²) in [4.78, 5) is 11.5. The summed E-state index contributed by atoms with van der Waals surface area (Å²) in [7, 11) is 0. The molecule has 0 bridgehead atoms. The highest BCUT2D eigenvalue weighted by molar-refractivity contribution is 6.35. The van der Waals surface area contributed by atoms with E-state index in [-0.39, 0.29) is 5.91 Å². The minimum Gasteiger partial charge on any atom is -0.393 e. The fourth-order valence-corrected chi connectivity index (χ4v) is 1.98. The summed E-state index contributed by atoms with van der Waals surface area (Å²) in [5, 5.41) is 13.0. The molecule has 0 aliphatic rings. The zero-order valence-corrected chi connectivity index (χ0v) is 11.8. The Bertz CT molecular complexity index is 408. The quantitative estimate of drug-likeness (QED) is 0.846. The summed E-state index contributed by atoms with van der Waals surface area (Å²) in [6, 6.07) is 5.26. The van der Waals surface area contributed by atoms with Crippen molar-refractivity contribution in [1.29, 1.82) is 0 Å². The minimum absolute atomic E-state index is 0.0401. The number of rotatable bonds is 6. The summed E-state index contributed by atoms with van der Waals surface area (Å²) in [5.41, 5.74) is 0.909. The smallest absolute Gasteiger partial charge is 0.220 e. The van der Waals surface area contributed by atoms with E-state index in [2.05, 4.69) is 5.32 Å². The normalized spacial score (nSPS) is 12.2. The Morgan fingerprint density at radius 1 is 1.44 bits per heavy atom. The molecule has 0 spiro atoms. The second-order valence-corrected chi connectivity index (χ2v) is 5.07. The molecule has 0 saturated heterocycles. The number of halogens is 2. The predicted octanol–water partition coefficient (Wildman–Crippen LogP) is 2.81. The van der Waals surface area contributed by atoms with E-state index in [1.807, 2.05) is 6.07 Å². The van der Waals surface area contributed by atoms with E-state index in [1.54, 1.807) is 19.1 Å². The van der Waals surface area contributed by atoms with Crippen molar-refractivity contribution in [3.63, 3.8) is 0 Å². The van der Waals surface area contributed by atoms with E-state index >= 15 is 0 Å². The van der Waals surface area contributed by atoms with Gasteiger partial charge < -0.3 is 10.4 Å². The van der Waals surface area contributed by atoms with Crippen LogP contribution in [0.4, 0.5) is 0 Å². The van der Waals surface area contributed by atoms with Crippen molar-refractivity contribution < 1.29 is 9.90 Å². The van der Waals surface area contributed by atoms with Gasteiger partial charge in [-0.25, -0.2) is 0 Å². The number of aryl methyl sites for hydroxylation is 1. The van der Waals surface area contributed by atoms with Crippen LogP contribution in [0, 0.1) is 0 Å². The van der Waals surface area contributed by atoms with E-state index in [0.29, 0.717) is 35.9 Å². The van der Waals surface area contributed by atoms with Gasteiger partial charge in [-0.3, -0.25) is 4.79 Å². The van der Waals surface area contributed by atoms with E-state index in [9.17, 15) is 4.79 Å². The number of amides is 1. The Balaban J connectivity index is 2.33. The zero-order valence-electron chi connectivity index (χ0n) is 10.2. The lowest BCUT2D eigenvalue weighted by molar-refractivity contribution is -0.121. The molecule has 100 valence electrons. The van der Waals surface area contributed by atoms with Crippen LogP contribution >= 0.6 is 23.2 Å². The molecule has 0 saturated carbocycles. The third-order valence-corrected chi connectivity index (χ3v) is 3.11. The van der Waals surface area contributed by atoms with Gasteiger partial charge in [0, 0.05) is 23.0 Å². The Morgan fingerprint density at radius 2 is 2.17 bits per heavy atom. The van der Waals surface area contributed by atoms with Crippen molar-refractivity contribution in [2.45, 2.75) is 32.3 Å². The van der Waals surface area contributed by atoms with Crippen LogP contribution in [0.1, 0.15) is 25.3 Å². The van der Waals surface area contributed by atoms with Crippen molar-refractivity contribution in [3.8, 4) is 0 Å². The van der Waals surface area contributed by atoms with Crippen LogP contribution < -0.4 is 5.32 Å². The third-order valence-electron chi connectivity index (χ3n) is 2.52. The van der Waals surface area contributed by atoms with Crippen molar-refractivity contribution in [2.75, 3.05) is 6.54 Å². The Morgan fingerprint density at radius 3 is 2.78 bits per heavy atom. The monoisotopic (exact) mass is 289 g/mol. The maximum atomic E-state index is 11.5. The Hall–Kier alpha value is -0.770. The van der Waals surface area contributed by atoms with Gasteiger partial charge >= 0.3 is 0 Å². The summed E-state index contributed by atoms with van der Waals surface area (Å²) in [6.07, 6.45) is 1.13. The lowest BCUT2D eigenvalue weighted by atomic mass is 10.1. The highest BCUT2D eigenvalue weighted by Gasteiger charge is 2.06. The van der Waals surface area contributed by atoms with Crippen molar-refractivity contribution in [3.05, 3.63) is 33.8 Å². The van der Waals surface area contributed by atoms with Gasteiger partial charge in [0.1, 0.15) is 0 Å². The van der Waals surface area contributed by atoms with Gasteiger partial charge in [0.2, 0.25) is 5.91 Å². The predicted molar refractivity (Wildman–Crippen MR) is 74.1 cm³/mol. The zero-order chi connectivity index (χ0) is 13.5. The second-order valence-electron chi connectivity index (χ2n) is 4.22. The summed E-state index contributed by atoms with van der Waals surface area (Å²) in [6.45, 7) is 2.19. The molecule has 3 nitrogen and oxygen atoms in total. The third kappa shape index (κ3) is 5.71. The number of nitrogens with one attached hydrogen (secondary N) is 1. The van der Waals surface area contributed by atoms with Gasteiger partial charge in [-0.2, -0.15) is 0 Å². The molecule has 1 unspecified atom stereocenters. The molecule has 0 aliphatic carbocycles. The van der Waals surface area contributed by atoms with Crippen LogP contribution in [0.3, 0.4) is 0 Å². The van der Waals surface area contributed by atoms with Gasteiger partial charge in [-0.15, -0.1) is 0 Å². The van der Waals surface area contributed by atoms with Crippen LogP contribution in [0.5, 0.6) is 0 Å². The second kappa shape index (κ2) is 7.62. The minimum atomic E-state index is -0.393. The topological polar surface area (TPSA) is 49.3 Å². The van der Waals surface area contributed by atoms with E-state index in [1.165, 1.54) is 0 Å². The molecule has 0 fully saturated rings. The first-order chi connectivity index (χ1) is 8.49. The number of aliphatic hydroxyl groups is 1. The van der Waals surface area contributed by atoms with Crippen LogP contribution in [0.15, 0.2) is 18.2 Å². The largest absolute Gasteiger partial charge is 0.393 e. The summed E-state index contributed by atoms with van der Waals surface area (Å²) >= 11 is 11.8. The van der Waals surface area contributed by atoms with E-state index in [4.69, 9.17) is 28.3 Å². The number of hydrogen-bond acceptors (Lipinski definition) is 2. The SMILES string of the molecule is CC(O)CCNC(=O)CCc1ccc(Cl)cc1Cl. The average molecular weight is 290 g/mol. The summed E-state index contributed by atoms with van der Waals surface area (Å²) < 4.78 is 0. The molecule has 1 amide bonds. The fourth-order valence-electron chi connectivity index (χ4n) is 1.48. The van der Waals surface area contributed by atoms with Crippen LogP contribution in [-0.2, 0) is 11.2 Å². The van der Waals surface area contributed by atoms with Crippen molar-refractivity contribution >= 4 is 29.1 Å². The van der Waals surface area contributed by atoms with Crippen molar-refractivity contribution in [1.82, 2.24) is 5.32 Å². The molecule has 18 heavy (non-hydrogen) atoms. The molecule has 0 heterocycles. The number of carbonyl (C=O) groups is 1. The van der Waals surface area contributed by atoms with E-state index < -0.39 is 6.10 Å². The van der Waals surface area contributed by atoms with Crippen LogP contribution in [0.25, 0.3) is 0 Å². The van der Waals surface area contributed by atoms with E-state index in [0.717, 1.165) is 5.56 Å². The lowest BCUT2D eigenvalue weighted by Crippen LogP contribution is -2.26. The molecule has 1 aromatic carbocycles. The molecule has 1 aromatic rings. The van der Waals surface area contributed by atoms with Gasteiger partial charge in [-0.05, 0) is 37.5 Å². The lowest BCUT2D eigenvalue weighted by Gasteiger charge is -2.07. The standard InChI is InChI=1S/C13H17Cl2NO2/c1-9(17)6-7-16-13(18)5-3-10-2-4-11(14)8-12(10)15/h2,4,8-9,17H,3,5-7H2,1H3,(H,16,18). The fraction of sp³-hybridized carbons (Fsp3) is 0.462. The number of aliphatic hydroxyl groups excluding tert-OH is 1. The molecular formula is C13H17Cl2NO2. The Labute approximate surface area is 117 Å². The maximum absolute atomic E-state index is 11.5. The highest BCUT2D eigenvalue weighted by atomic mass is 35.5. The van der Waals surface area contributed by atoms with Crippen LogP contribution in [-0.4, -0.2) is 23.7 Å². The van der Waals surface area contributed by atoms with Gasteiger partial charge in [0.15, 0.2) is 0 Å². The first-order valence-corrected chi connectivity index (χ1v) is 6.63. The molecular weight excluding hydrogens is 273 g/mol. The average Bonchev–Trinajstić information content (AvgIpc) is 2.27. The maximum Gasteiger partial charge on any atom is 0.220 e. The highest BCUT2D eigenvalue weighted by Crippen LogP contribution is 2.21. The number of benzene rings is 1. The van der Waals surface area contributed by atoms with Gasteiger partial charge in [0.25, 0.3) is 0 Å². The Kier molecular flexibility index (Phi) is 6.47. The first kappa shape index (κ1) is 15.3. The molecule has 1 atom stereocenters. The van der Waals surface area contributed by atoms with Gasteiger partial charge in [0.05, 0.1) is 6.10 Å². The molecule has 0 radical (unpaired) electrons. The van der Waals surface area contributed by atoms with Gasteiger partial charge in [-0.1, -0.05) is 29.3 Å². The first-order valence-electron chi connectivity index (χ1n) is 5.87. The molecule has 0 aliphatic heterocycles. The van der Waals surface area contributed by atoms with Crippen molar-refractivity contribution in [2.24, 2.45) is 0 Å². The number of hydrogen-bond donors (Lipinski definition) is 2.